The molecule has 5 rings (SSSR count). The third-order valence-corrected chi connectivity index (χ3v) is 6.92. The van der Waals surface area contributed by atoms with Crippen molar-refractivity contribution < 1.29 is 23.8 Å². The van der Waals surface area contributed by atoms with Crippen molar-refractivity contribution in [3.63, 3.8) is 0 Å². The van der Waals surface area contributed by atoms with Crippen molar-refractivity contribution in [2.75, 3.05) is 25.2 Å². The van der Waals surface area contributed by atoms with E-state index < -0.39 is 0 Å². The molecule has 0 atom stereocenters. The van der Waals surface area contributed by atoms with Crippen LogP contribution in [0.15, 0.2) is 18.2 Å². The Labute approximate surface area is 178 Å². The first-order chi connectivity index (χ1) is 14.5. The Morgan fingerprint density at radius 3 is 2.40 bits per heavy atom. The predicted molar refractivity (Wildman–Crippen MR) is 112 cm³/mol. The summed E-state index contributed by atoms with van der Waals surface area (Å²) in [5.74, 6) is 2.51. The number of carbonyl (C=O) groups is 2. The fraction of sp³-hybridized carbons (Fsp3) is 0.667. The van der Waals surface area contributed by atoms with Crippen molar-refractivity contribution in [2.24, 2.45) is 17.8 Å². The van der Waals surface area contributed by atoms with Crippen molar-refractivity contribution in [2.45, 2.75) is 63.8 Å². The fourth-order valence-corrected chi connectivity index (χ4v) is 6.26. The molecule has 6 nitrogen and oxygen atoms in total. The van der Waals surface area contributed by atoms with Gasteiger partial charge >= 0.3 is 12.1 Å². The summed E-state index contributed by atoms with van der Waals surface area (Å²) in [7, 11) is 1.45. The third kappa shape index (κ3) is 4.28. The maximum atomic E-state index is 12.9. The number of carbonyl (C=O) groups excluding carboxylic acids is 2. The Bertz CT molecular complexity index is 741. The van der Waals surface area contributed by atoms with Crippen molar-refractivity contribution in [3.8, 4) is 5.75 Å². The number of hydrogen-bond acceptors (Lipinski definition) is 5. The summed E-state index contributed by atoms with van der Waals surface area (Å²) in [6.45, 7) is 2.59. The van der Waals surface area contributed by atoms with E-state index in [0.717, 1.165) is 19.3 Å². The number of anilines is 1. The standard InChI is InChI=1S/C24H32NO5/c1-3-29-22(26)8-5-9-30-21-7-4-6-20(13-21)25(23(27)28-2)24-14-17-10-18(15-24)12-19(11-17)16-24/h4,6-7,17-19H,3,5,8-12,14-16H2,1-2H3. The number of esters is 1. The SMILES string of the molecule is CCOC(=O)CCCOc1[c]c(N(C(=O)OC)C23CC4CC(CC(C4)C2)C3)ccc1. The molecule has 6 heteroatoms. The number of amides is 1. The van der Waals surface area contributed by atoms with Crippen molar-refractivity contribution >= 4 is 17.7 Å². The van der Waals surface area contributed by atoms with E-state index in [1.807, 2.05) is 23.1 Å². The average molecular weight is 415 g/mol. The first-order valence-electron chi connectivity index (χ1n) is 11.2. The van der Waals surface area contributed by atoms with Crippen LogP contribution in [-0.4, -0.2) is 37.9 Å². The second-order valence-corrected chi connectivity index (χ2v) is 9.10. The Hall–Kier alpha value is -2.24. The highest BCUT2D eigenvalue weighted by molar-refractivity contribution is 5.89. The zero-order valence-corrected chi connectivity index (χ0v) is 18.0. The third-order valence-electron chi connectivity index (χ3n) is 6.92. The Morgan fingerprint density at radius 2 is 1.80 bits per heavy atom. The molecule has 1 aromatic rings. The maximum Gasteiger partial charge on any atom is 0.414 e. The van der Waals surface area contributed by atoms with Crippen LogP contribution in [-0.2, 0) is 14.3 Å². The lowest BCUT2D eigenvalue weighted by Crippen LogP contribution is -2.62. The number of hydrogen-bond donors (Lipinski definition) is 0. The van der Waals surface area contributed by atoms with Crippen molar-refractivity contribution in [1.29, 1.82) is 0 Å². The number of benzene rings is 1. The maximum absolute atomic E-state index is 12.9. The summed E-state index contributed by atoms with van der Waals surface area (Å²) < 4.78 is 16.0. The van der Waals surface area contributed by atoms with Gasteiger partial charge in [-0.3, -0.25) is 9.69 Å². The topological polar surface area (TPSA) is 65.1 Å². The minimum absolute atomic E-state index is 0.166. The van der Waals surface area contributed by atoms with Gasteiger partial charge in [0, 0.05) is 6.42 Å². The highest BCUT2D eigenvalue weighted by Gasteiger charge is 2.55. The minimum Gasteiger partial charge on any atom is -0.493 e. The van der Waals surface area contributed by atoms with Crippen LogP contribution in [0.3, 0.4) is 0 Å². The average Bonchev–Trinajstić information content (AvgIpc) is 2.70. The summed E-state index contributed by atoms with van der Waals surface area (Å²) in [6, 6.07) is 8.93. The van der Waals surface area contributed by atoms with Crippen LogP contribution in [0.2, 0.25) is 0 Å². The molecule has 163 valence electrons. The van der Waals surface area contributed by atoms with Crippen molar-refractivity contribution in [1.82, 2.24) is 0 Å². The van der Waals surface area contributed by atoms with Crippen LogP contribution in [0.25, 0.3) is 0 Å². The van der Waals surface area contributed by atoms with Gasteiger partial charge in [0.05, 0.1) is 37.6 Å². The van der Waals surface area contributed by atoms with Crippen LogP contribution in [0.4, 0.5) is 10.5 Å². The van der Waals surface area contributed by atoms with E-state index in [4.69, 9.17) is 14.2 Å². The monoisotopic (exact) mass is 414 g/mol. The molecule has 0 aromatic heterocycles. The van der Waals surface area contributed by atoms with E-state index in [1.165, 1.54) is 26.4 Å². The normalized spacial score (nSPS) is 28.8. The summed E-state index contributed by atoms with van der Waals surface area (Å²) in [5.41, 5.74) is 0.549. The molecule has 1 radical (unpaired) electrons. The molecule has 0 aliphatic heterocycles. The lowest BCUT2D eigenvalue weighted by atomic mass is 9.52. The van der Waals surface area contributed by atoms with E-state index in [-0.39, 0.29) is 17.6 Å². The van der Waals surface area contributed by atoms with E-state index in [2.05, 4.69) is 6.07 Å². The van der Waals surface area contributed by atoms with Gasteiger partial charge in [0.1, 0.15) is 5.75 Å². The Morgan fingerprint density at radius 1 is 1.13 bits per heavy atom. The predicted octanol–water partition coefficient (Wildman–Crippen LogP) is 4.75. The number of nitrogens with zero attached hydrogens (tertiary/aromatic N) is 1. The molecule has 4 aliphatic rings. The molecule has 0 spiro atoms. The smallest absolute Gasteiger partial charge is 0.414 e. The summed E-state index contributed by atoms with van der Waals surface area (Å²) in [4.78, 5) is 26.3. The summed E-state index contributed by atoms with van der Waals surface area (Å²) >= 11 is 0. The molecule has 4 fully saturated rings. The minimum atomic E-state index is -0.312. The van der Waals surface area contributed by atoms with E-state index in [0.29, 0.717) is 55.2 Å². The molecule has 0 N–H and O–H groups in total. The first-order valence-corrected chi connectivity index (χ1v) is 11.2. The van der Waals surface area contributed by atoms with E-state index in [1.54, 1.807) is 6.92 Å². The second-order valence-electron chi connectivity index (χ2n) is 9.10. The van der Waals surface area contributed by atoms with Gasteiger partial charge < -0.3 is 14.2 Å². The molecule has 0 heterocycles. The van der Waals surface area contributed by atoms with Gasteiger partial charge in [0.25, 0.3) is 0 Å². The van der Waals surface area contributed by atoms with Gasteiger partial charge in [0.2, 0.25) is 0 Å². The molecule has 4 bridgehead atoms. The number of rotatable bonds is 8. The molecule has 0 unspecified atom stereocenters. The van der Waals surface area contributed by atoms with Gasteiger partial charge in [-0.15, -0.1) is 0 Å². The van der Waals surface area contributed by atoms with Gasteiger partial charge in [-0.2, -0.15) is 0 Å². The van der Waals surface area contributed by atoms with Crippen LogP contribution in [0, 0.1) is 23.8 Å². The Balaban J connectivity index is 1.48. The molecular weight excluding hydrogens is 382 g/mol. The highest BCUT2D eigenvalue weighted by Crippen LogP contribution is 2.58. The van der Waals surface area contributed by atoms with Crippen LogP contribution in [0.1, 0.15) is 58.3 Å². The molecule has 0 saturated heterocycles. The summed E-state index contributed by atoms with van der Waals surface area (Å²) in [6.07, 6.45) is 7.66. The van der Waals surface area contributed by atoms with Gasteiger partial charge in [0.15, 0.2) is 0 Å². The second kappa shape index (κ2) is 8.86. The van der Waals surface area contributed by atoms with Gasteiger partial charge in [-0.1, -0.05) is 6.07 Å². The zero-order chi connectivity index (χ0) is 21.1. The first kappa shape index (κ1) is 21.0. The number of ether oxygens (including phenoxy) is 3. The zero-order valence-electron chi connectivity index (χ0n) is 18.0. The highest BCUT2D eigenvalue weighted by atomic mass is 16.5. The van der Waals surface area contributed by atoms with Gasteiger partial charge in [-0.05, 0) is 81.8 Å². The number of methoxy groups -OCH3 is 1. The largest absolute Gasteiger partial charge is 0.493 e. The lowest BCUT2D eigenvalue weighted by molar-refractivity contribution is -0.143. The quantitative estimate of drug-likeness (QED) is 0.454. The van der Waals surface area contributed by atoms with Crippen LogP contribution in [0.5, 0.6) is 5.75 Å². The Kier molecular flexibility index (Phi) is 6.21. The fourth-order valence-electron chi connectivity index (χ4n) is 6.26. The summed E-state index contributed by atoms with van der Waals surface area (Å²) in [5, 5.41) is 0. The van der Waals surface area contributed by atoms with Crippen LogP contribution >= 0.6 is 0 Å². The molecule has 4 aliphatic carbocycles. The molecule has 4 saturated carbocycles. The van der Waals surface area contributed by atoms with Gasteiger partial charge in [-0.25, -0.2) is 4.79 Å². The van der Waals surface area contributed by atoms with E-state index >= 15 is 0 Å². The molecule has 1 amide bonds. The van der Waals surface area contributed by atoms with E-state index in [9.17, 15) is 9.59 Å². The molecule has 30 heavy (non-hydrogen) atoms. The molecular formula is C24H32NO5. The van der Waals surface area contributed by atoms with Crippen molar-refractivity contribution in [3.05, 3.63) is 24.3 Å². The molecule has 1 aromatic carbocycles. The van der Waals surface area contributed by atoms with Crippen LogP contribution < -0.4 is 9.64 Å². The lowest BCUT2D eigenvalue weighted by Gasteiger charge is -2.59.